The Balaban J connectivity index is 1.66. The smallest absolute Gasteiger partial charge is 0.259 e. The zero-order valence-electron chi connectivity index (χ0n) is 12.7. The molecule has 0 bridgehead atoms. The first kappa shape index (κ1) is 17.7. The molecule has 0 aromatic heterocycles. The molecule has 0 aliphatic carbocycles. The van der Waals surface area contributed by atoms with Gasteiger partial charge >= 0.3 is 0 Å². The predicted molar refractivity (Wildman–Crippen MR) is 94.8 cm³/mol. The predicted octanol–water partition coefficient (Wildman–Crippen LogP) is 2.09. The van der Waals surface area contributed by atoms with Gasteiger partial charge in [-0.2, -0.15) is 5.10 Å². The Bertz CT molecular complexity index is 720. The van der Waals surface area contributed by atoms with Gasteiger partial charge in [-0.3, -0.25) is 9.59 Å². The minimum Gasteiger partial charge on any atom is -0.484 e. The number of rotatable bonds is 7. The lowest BCUT2D eigenvalue weighted by Gasteiger charge is -2.06. The molecule has 0 aliphatic rings. The van der Waals surface area contributed by atoms with Gasteiger partial charge in [0.05, 0.1) is 12.8 Å². The van der Waals surface area contributed by atoms with Crippen LogP contribution in [0.4, 0.5) is 0 Å². The maximum atomic E-state index is 11.6. The average Bonchev–Trinajstić information content (AvgIpc) is 2.59. The molecule has 2 rings (SSSR count). The molecule has 6 nitrogen and oxygen atoms in total. The fourth-order valence-corrected chi connectivity index (χ4v) is 2.12. The molecule has 0 atom stereocenters. The number of nitrogens with one attached hydrogen (secondary N) is 2. The molecule has 0 unspecified atom stereocenters. The highest BCUT2D eigenvalue weighted by molar-refractivity contribution is 9.10. The van der Waals surface area contributed by atoms with Crippen LogP contribution in [0.2, 0.25) is 0 Å². The van der Waals surface area contributed by atoms with Gasteiger partial charge in [-0.1, -0.05) is 46.3 Å². The van der Waals surface area contributed by atoms with Gasteiger partial charge in [-0.15, -0.1) is 0 Å². The van der Waals surface area contributed by atoms with Crippen LogP contribution in [0.3, 0.4) is 0 Å². The molecule has 2 amide bonds. The van der Waals surface area contributed by atoms with Gasteiger partial charge < -0.3 is 10.1 Å². The lowest BCUT2D eigenvalue weighted by atomic mass is 10.2. The molecule has 0 aliphatic heterocycles. The van der Waals surface area contributed by atoms with Crippen molar-refractivity contribution in [3.63, 3.8) is 0 Å². The van der Waals surface area contributed by atoms with Crippen molar-refractivity contribution in [3.8, 4) is 5.75 Å². The normalized spacial score (nSPS) is 10.4. The summed E-state index contributed by atoms with van der Waals surface area (Å²) in [5, 5.41) is 6.28. The van der Waals surface area contributed by atoms with E-state index in [4.69, 9.17) is 4.74 Å². The summed E-state index contributed by atoms with van der Waals surface area (Å²) in [5.41, 5.74) is 3.18. The van der Waals surface area contributed by atoms with Crippen LogP contribution in [0.5, 0.6) is 5.75 Å². The molecule has 24 heavy (non-hydrogen) atoms. The summed E-state index contributed by atoms with van der Waals surface area (Å²) in [4.78, 5) is 23.2. The first-order chi connectivity index (χ1) is 11.6. The summed E-state index contributed by atoms with van der Waals surface area (Å²) >= 11 is 3.35. The Morgan fingerprint density at radius 1 is 1.08 bits per heavy atom. The number of carbonyl (C=O) groups is 2. The largest absolute Gasteiger partial charge is 0.484 e. The van der Waals surface area contributed by atoms with Crippen LogP contribution in [0.15, 0.2) is 64.2 Å². The number of para-hydroxylation sites is 1. The molecule has 2 aromatic carbocycles. The summed E-state index contributed by atoms with van der Waals surface area (Å²) in [5.74, 6) is -0.213. The molecule has 2 N–H and O–H groups in total. The maximum absolute atomic E-state index is 11.6. The van der Waals surface area contributed by atoms with Crippen LogP contribution in [0.1, 0.15) is 5.56 Å². The van der Waals surface area contributed by atoms with E-state index in [2.05, 4.69) is 31.8 Å². The van der Waals surface area contributed by atoms with Crippen LogP contribution < -0.4 is 15.5 Å². The summed E-state index contributed by atoms with van der Waals surface area (Å²) in [6, 6.07) is 16.4. The summed E-state index contributed by atoms with van der Waals surface area (Å²) in [6.07, 6.45) is 1.52. The molecule has 124 valence electrons. The van der Waals surface area contributed by atoms with Crippen molar-refractivity contribution in [2.24, 2.45) is 5.10 Å². The van der Waals surface area contributed by atoms with Crippen molar-refractivity contribution in [3.05, 3.63) is 64.6 Å². The molecule has 0 saturated heterocycles. The second-order valence-corrected chi connectivity index (χ2v) is 5.64. The van der Waals surface area contributed by atoms with Crippen molar-refractivity contribution in [2.75, 3.05) is 13.2 Å². The molecular weight excluding hydrogens is 374 g/mol. The highest BCUT2D eigenvalue weighted by Crippen LogP contribution is 2.09. The Morgan fingerprint density at radius 3 is 2.62 bits per heavy atom. The van der Waals surface area contributed by atoms with E-state index >= 15 is 0 Å². The summed E-state index contributed by atoms with van der Waals surface area (Å²) in [6.45, 7) is -0.328. The summed E-state index contributed by atoms with van der Waals surface area (Å²) in [7, 11) is 0. The van der Waals surface area contributed by atoms with Gasteiger partial charge in [0.1, 0.15) is 5.75 Å². The molecule has 0 radical (unpaired) electrons. The van der Waals surface area contributed by atoms with E-state index in [1.54, 1.807) is 12.1 Å². The molecule has 0 spiro atoms. The fraction of sp³-hybridized carbons (Fsp3) is 0.118. The van der Waals surface area contributed by atoms with Crippen molar-refractivity contribution in [1.82, 2.24) is 10.7 Å². The number of amides is 2. The van der Waals surface area contributed by atoms with Crippen LogP contribution in [0, 0.1) is 0 Å². The van der Waals surface area contributed by atoms with Crippen LogP contribution >= 0.6 is 15.9 Å². The Morgan fingerprint density at radius 2 is 1.88 bits per heavy atom. The van der Waals surface area contributed by atoms with E-state index in [1.165, 1.54) is 6.21 Å². The van der Waals surface area contributed by atoms with Crippen molar-refractivity contribution < 1.29 is 14.3 Å². The Hall–Kier alpha value is -2.67. The third kappa shape index (κ3) is 6.62. The molecule has 0 heterocycles. The SMILES string of the molecule is O=C(COc1ccccc1)NCC(=O)N/N=C\c1cccc(Br)c1. The fourth-order valence-electron chi connectivity index (χ4n) is 1.70. The third-order valence-corrected chi connectivity index (χ3v) is 3.30. The van der Waals surface area contributed by atoms with Crippen LogP contribution in [0.25, 0.3) is 0 Å². The van der Waals surface area contributed by atoms with E-state index in [1.807, 2.05) is 42.5 Å². The second-order valence-electron chi connectivity index (χ2n) is 4.73. The van der Waals surface area contributed by atoms with E-state index < -0.39 is 5.91 Å². The second kappa shape index (κ2) is 9.46. The van der Waals surface area contributed by atoms with Crippen LogP contribution in [-0.4, -0.2) is 31.2 Å². The van der Waals surface area contributed by atoms with Gasteiger partial charge in [0.25, 0.3) is 11.8 Å². The van der Waals surface area contributed by atoms with Gasteiger partial charge in [0.2, 0.25) is 0 Å². The highest BCUT2D eigenvalue weighted by Gasteiger charge is 2.05. The number of hydrogen-bond acceptors (Lipinski definition) is 4. The molecule has 2 aromatic rings. The Labute approximate surface area is 148 Å². The lowest BCUT2D eigenvalue weighted by Crippen LogP contribution is -2.37. The number of halogens is 1. The number of ether oxygens (including phenoxy) is 1. The maximum Gasteiger partial charge on any atom is 0.259 e. The first-order valence-electron chi connectivity index (χ1n) is 7.15. The van der Waals surface area contributed by atoms with Gasteiger partial charge in [0, 0.05) is 4.47 Å². The number of hydrogen-bond donors (Lipinski definition) is 2. The monoisotopic (exact) mass is 389 g/mol. The van der Waals surface area contributed by atoms with Crippen molar-refractivity contribution in [2.45, 2.75) is 0 Å². The molecule has 0 saturated carbocycles. The van der Waals surface area contributed by atoms with Crippen molar-refractivity contribution in [1.29, 1.82) is 0 Å². The van der Waals surface area contributed by atoms with E-state index in [-0.39, 0.29) is 19.1 Å². The number of nitrogens with zero attached hydrogens (tertiary/aromatic N) is 1. The molecule has 7 heteroatoms. The highest BCUT2D eigenvalue weighted by atomic mass is 79.9. The lowest BCUT2D eigenvalue weighted by molar-refractivity contribution is -0.127. The van der Waals surface area contributed by atoms with Gasteiger partial charge in [-0.25, -0.2) is 5.43 Å². The first-order valence-corrected chi connectivity index (χ1v) is 7.95. The third-order valence-electron chi connectivity index (χ3n) is 2.81. The zero-order valence-corrected chi connectivity index (χ0v) is 14.3. The molecular formula is C17H16BrN3O3. The van der Waals surface area contributed by atoms with Crippen molar-refractivity contribution >= 4 is 34.0 Å². The number of carbonyl (C=O) groups excluding carboxylic acids is 2. The Kier molecular flexibility index (Phi) is 6.97. The van der Waals surface area contributed by atoms with E-state index in [9.17, 15) is 9.59 Å². The van der Waals surface area contributed by atoms with E-state index in [0.29, 0.717) is 5.75 Å². The quantitative estimate of drug-likeness (QED) is 0.561. The van der Waals surface area contributed by atoms with E-state index in [0.717, 1.165) is 10.0 Å². The zero-order chi connectivity index (χ0) is 17.2. The molecule has 0 fully saturated rings. The average molecular weight is 390 g/mol. The topological polar surface area (TPSA) is 79.8 Å². The van der Waals surface area contributed by atoms with Gasteiger partial charge in [-0.05, 0) is 29.8 Å². The minimum atomic E-state index is -0.422. The number of benzene rings is 2. The number of hydrazone groups is 1. The standard InChI is InChI=1S/C17H16BrN3O3/c18-14-6-4-5-13(9-14)10-20-21-16(22)11-19-17(23)12-24-15-7-2-1-3-8-15/h1-10H,11-12H2,(H,19,23)(H,21,22)/b20-10-. The minimum absolute atomic E-state index is 0.154. The summed E-state index contributed by atoms with van der Waals surface area (Å²) < 4.78 is 6.19. The van der Waals surface area contributed by atoms with Crippen LogP contribution in [-0.2, 0) is 9.59 Å². The van der Waals surface area contributed by atoms with Gasteiger partial charge in [0.15, 0.2) is 6.61 Å².